The van der Waals surface area contributed by atoms with Crippen molar-refractivity contribution >= 4 is 65.4 Å². The van der Waals surface area contributed by atoms with Crippen LogP contribution >= 0.6 is 0 Å². The number of nitrogens with zero attached hydrogens (tertiary/aromatic N) is 10. The molecule has 0 saturated heterocycles. The second-order valence-electron chi connectivity index (χ2n) is 23.6. The van der Waals surface area contributed by atoms with Gasteiger partial charge < -0.3 is 13.7 Å². The third kappa shape index (κ3) is 9.43. The second-order valence-corrected chi connectivity index (χ2v) is 23.6. The summed E-state index contributed by atoms with van der Waals surface area (Å²) >= 11 is 0. The van der Waals surface area contributed by atoms with Gasteiger partial charge in [0.05, 0.1) is 85.3 Å². The van der Waals surface area contributed by atoms with Gasteiger partial charge in [-0.05, 0) is 155 Å². The van der Waals surface area contributed by atoms with Gasteiger partial charge in [-0.25, -0.2) is 15.0 Å². The van der Waals surface area contributed by atoms with Crippen LogP contribution in [0.25, 0.3) is 161 Å². The van der Waals surface area contributed by atoms with Crippen LogP contribution in [0.2, 0.25) is 0 Å². The number of fused-ring (bicyclic) bond motifs is 9. The largest absolute Gasteiger partial charge is 0.309 e. The van der Waals surface area contributed by atoms with Gasteiger partial charge in [0.25, 0.3) is 0 Å². The van der Waals surface area contributed by atoms with E-state index in [9.17, 15) is 21.0 Å². The number of nitriles is 4. The Morgan fingerprint density at radius 3 is 0.916 bits per heavy atom. The fourth-order valence-electron chi connectivity index (χ4n) is 13.9. The van der Waals surface area contributed by atoms with E-state index in [4.69, 9.17) is 15.0 Å². The van der Waals surface area contributed by atoms with Crippen LogP contribution in [0.1, 0.15) is 22.3 Å². The fourth-order valence-corrected chi connectivity index (χ4v) is 13.9. The lowest BCUT2D eigenvalue weighted by molar-refractivity contribution is 1.07. The minimum absolute atomic E-state index is 0.375. The highest BCUT2D eigenvalue weighted by atomic mass is 15.0. The van der Waals surface area contributed by atoms with Crippen molar-refractivity contribution in [1.29, 1.82) is 21.0 Å². The van der Waals surface area contributed by atoms with Crippen molar-refractivity contribution in [3.63, 3.8) is 0 Å². The topological polar surface area (TPSA) is 149 Å². The van der Waals surface area contributed by atoms with Gasteiger partial charge in [0, 0.05) is 71.5 Å². The van der Waals surface area contributed by atoms with Crippen LogP contribution in [-0.4, -0.2) is 28.7 Å². The quantitative estimate of drug-likeness (QED) is 0.132. The molecule has 0 radical (unpaired) electrons. The van der Waals surface area contributed by atoms with Gasteiger partial charge in [0.2, 0.25) is 0 Å². The summed E-state index contributed by atoms with van der Waals surface area (Å²) in [6, 6.07) is 109. The van der Waals surface area contributed by atoms with Gasteiger partial charge in [0.15, 0.2) is 17.5 Å². The normalized spacial score (nSPS) is 11.3. The lowest BCUT2D eigenvalue weighted by Crippen LogP contribution is -2.05. The van der Waals surface area contributed by atoms with E-state index in [1.807, 2.05) is 84.9 Å². The van der Waals surface area contributed by atoms with Gasteiger partial charge in [-0.15, -0.1) is 0 Å². The van der Waals surface area contributed by atoms with E-state index in [-0.39, 0.29) is 0 Å². The molecule has 0 amide bonds. The van der Waals surface area contributed by atoms with E-state index in [1.54, 1.807) is 12.1 Å². The smallest absolute Gasteiger partial charge is 0.164 e. The maximum Gasteiger partial charge on any atom is 0.164 e. The molecule has 0 aliphatic heterocycles. The Balaban J connectivity index is 1.02. The molecule has 438 valence electrons. The molecule has 0 atom stereocenters. The van der Waals surface area contributed by atoms with Gasteiger partial charge in [-0.2, -0.15) is 21.0 Å². The van der Waals surface area contributed by atoms with Crippen molar-refractivity contribution in [3.05, 3.63) is 313 Å². The average molecular weight is 1210 g/mol. The summed E-state index contributed by atoms with van der Waals surface area (Å²) < 4.78 is 7.06. The van der Waals surface area contributed by atoms with Gasteiger partial charge >= 0.3 is 0 Å². The first kappa shape index (κ1) is 55.3. The van der Waals surface area contributed by atoms with E-state index in [1.165, 1.54) is 0 Å². The van der Waals surface area contributed by atoms with Crippen LogP contribution in [0.5, 0.6) is 0 Å². The SMILES string of the molecule is N#Cc1cc(C#N)cc(-c2ccc3c(c2)c2cc(-c4cc(C#N)cc(C#N)c4)ccc2n3-c2c(-c3cccc(-n4c5ccccc5c5ccccc54)c3)cc(-c3nc(-c4ccccc4)nc(-c4ccccc4)n3)cc2-c2cccc(-n3c4ccccc4c4ccccc43)c2)c1. The van der Waals surface area contributed by atoms with Crippen LogP contribution in [-0.2, 0) is 0 Å². The molecule has 95 heavy (non-hydrogen) atoms. The Morgan fingerprint density at radius 2 is 0.547 bits per heavy atom. The van der Waals surface area contributed by atoms with E-state index in [2.05, 4.69) is 232 Å². The van der Waals surface area contributed by atoms with E-state index < -0.39 is 0 Å². The molecule has 0 fully saturated rings. The highest BCUT2D eigenvalue weighted by Crippen LogP contribution is 2.47. The zero-order chi connectivity index (χ0) is 63.7. The third-order valence-electron chi connectivity index (χ3n) is 18.1. The highest BCUT2D eigenvalue weighted by molar-refractivity contribution is 6.14. The highest BCUT2D eigenvalue weighted by Gasteiger charge is 2.26. The van der Waals surface area contributed by atoms with E-state index in [0.717, 1.165) is 144 Å². The second kappa shape index (κ2) is 22.6. The fraction of sp³-hybridized carbons (Fsp3) is 0. The maximum absolute atomic E-state index is 10.3. The Morgan fingerprint density at radius 1 is 0.221 bits per heavy atom. The maximum atomic E-state index is 10.3. The number of aromatic nitrogens is 6. The molecule has 0 unspecified atom stereocenters. The standard InChI is InChI=1S/C85H48N10/c86-49-53-37-54(50-87)40-63(39-53)59-33-35-80-74(45-59)75-46-60(64-41-55(51-88)38-56(42-64)52-89)34-36-81(75)95(80)82-72(61-21-15-23-66(43-61)93-76-29-11-7-25-68(76)69-26-8-12-30-77(69)93)47-65(85-91-83(57-17-3-1-4-18-57)90-84(92-85)58-19-5-2-6-20-58)48-73(82)62-22-16-24-67(44-62)94-78-31-13-9-27-70(78)71-28-10-14-32-79(71)94/h1-48H. The molecule has 10 heteroatoms. The summed E-state index contributed by atoms with van der Waals surface area (Å²) in [5.41, 5.74) is 19.4. The number of hydrogen-bond acceptors (Lipinski definition) is 7. The zero-order valence-electron chi connectivity index (χ0n) is 50.7. The van der Waals surface area contributed by atoms with Crippen molar-refractivity contribution in [2.45, 2.75) is 0 Å². The van der Waals surface area contributed by atoms with Crippen LogP contribution in [0.15, 0.2) is 291 Å². The molecule has 4 heterocycles. The number of para-hydroxylation sites is 4. The third-order valence-corrected chi connectivity index (χ3v) is 18.1. The average Bonchev–Trinajstić information content (AvgIpc) is 1.62. The van der Waals surface area contributed by atoms with E-state index in [0.29, 0.717) is 39.7 Å². The van der Waals surface area contributed by atoms with Gasteiger partial charge in [-0.1, -0.05) is 170 Å². The molecule has 0 spiro atoms. The number of benzene rings is 13. The van der Waals surface area contributed by atoms with Crippen LogP contribution in [0.3, 0.4) is 0 Å². The summed E-state index contributed by atoms with van der Waals surface area (Å²) in [5, 5.41) is 47.4. The predicted octanol–water partition coefficient (Wildman–Crippen LogP) is 20.3. The molecule has 0 aliphatic rings. The van der Waals surface area contributed by atoms with Crippen molar-refractivity contribution in [3.8, 4) is 120 Å². The molecular weight excluding hydrogens is 1160 g/mol. The summed E-state index contributed by atoms with van der Waals surface area (Å²) in [5.74, 6) is 1.54. The summed E-state index contributed by atoms with van der Waals surface area (Å²) in [6.07, 6.45) is 0. The van der Waals surface area contributed by atoms with Crippen molar-refractivity contribution < 1.29 is 0 Å². The molecule has 17 aromatic rings. The van der Waals surface area contributed by atoms with Crippen molar-refractivity contribution in [2.24, 2.45) is 0 Å². The lowest BCUT2D eigenvalue weighted by Gasteiger charge is -2.22. The first-order valence-electron chi connectivity index (χ1n) is 31.1. The van der Waals surface area contributed by atoms with Crippen LogP contribution in [0, 0.1) is 45.3 Å². The molecule has 10 nitrogen and oxygen atoms in total. The van der Waals surface area contributed by atoms with Crippen LogP contribution < -0.4 is 0 Å². The zero-order valence-corrected chi connectivity index (χ0v) is 50.7. The number of hydrogen-bond donors (Lipinski definition) is 0. The molecule has 0 N–H and O–H groups in total. The first-order valence-corrected chi connectivity index (χ1v) is 31.1. The molecular formula is C85H48N10. The first-order chi connectivity index (χ1) is 46.9. The molecule has 17 rings (SSSR count). The lowest BCUT2D eigenvalue weighted by atomic mass is 9.92. The monoisotopic (exact) mass is 1210 g/mol. The van der Waals surface area contributed by atoms with E-state index >= 15 is 0 Å². The minimum Gasteiger partial charge on any atom is -0.309 e. The predicted molar refractivity (Wildman–Crippen MR) is 380 cm³/mol. The Bertz CT molecular complexity index is 5680. The van der Waals surface area contributed by atoms with Gasteiger partial charge in [-0.3, -0.25) is 0 Å². The van der Waals surface area contributed by atoms with Crippen LogP contribution in [0.4, 0.5) is 0 Å². The Labute approximate surface area is 545 Å². The molecule has 13 aromatic carbocycles. The summed E-state index contributed by atoms with van der Waals surface area (Å²) in [7, 11) is 0. The van der Waals surface area contributed by atoms with Crippen molar-refractivity contribution in [1.82, 2.24) is 28.7 Å². The minimum atomic E-state index is 0.375. The Kier molecular flexibility index (Phi) is 13.2. The summed E-state index contributed by atoms with van der Waals surface area (Å²) in [6.45, 7) is 0. The molecule has 0 saturated carbocycles. The van der Waals surface area contributed by atoms with Gasteiger partial charge in [0.1, 0.15) is 0 Å². The Hall–Kier alpha value is -13.8. The molecule has 4 aromatic heterocycles. The summed E-state index contributed by atoms with van der Waals surface area (Å²) in [4.78, 5) is 16.0. The molecule has 0 bridgehead atoms. The number of rotatable bonds is 10. The molecule has 0 aliphatic carbocycles. The van der Waals surface area contributed by atoms with Crippen molar-refractivity contribution in [2.75, 3.05) is 0 Å².